The number of anilines is 2. The van der Waals surface area contributed by atoms with Crippen LogP contribution in [-0.4, -0.2) is 34.6 Å². The predicted molar refractivity (Wildman–Crippen MR) is 70.3 cm³/mol. The van der Waals surface area contributed by atoms with E-state index < -0.39 is 0 Å². The third-order valence-corrected chi connectivity index (χ3v) is 3.82. The van der Waals surface area contributed by atoms with Gasteiger partial charge in [0.15, 0.2) is 0 Å². The highest BCUT2D eigenvalue weighted by Gasteiger charge is 2.14. The molecule has 1 fully saturated rings. The quantitative estimate of drug-likeness (QED) is 0.845. The van der Waals surface area contributed by atoms with E-state index >= 15 is 0 Å². The SMILES string of the molecule is CNc1cc(NC2CCCSC2)nc(C)n1. The number of thioether (sulfide) groups is 1. The molecule has 0 aromatic carbocycles. The minimum atomic E-state index is 0.553. The molecule has 1 aliphatic heterocycles. The third-order valence-electron chi connectivity index (χ3n) is 2.61. The molecule has 0 radical (unpaired) electrons. The van der Waals surface area contributed by atoms with Crippen molar-refractivity contribution in [3.05, 3.63) is 11.9 Å². The lowest BCUT2D eigenvalue weighted by Crippen LogP contribution is -2.26. The van der Waals surface area contributed by atoms with Gasteiger partial charge in [0, 0.05) is 24.9 Å². The van der Waals surface area contributed by atoms with E-state index in [0.29, 0.717) is 6.04 Å². The summed E-state index contributed by atoms with van der Waals surface area (Å²) in [6.07, 6.45) is 2.54. The Morgan fingerprint density at radius 2 is 2.19 bits per heavy atom. The molecule has 1 unspecified atom stereocenters. The van der Waals surface area contributed by atoms with E-state index in [1.165, 1.54) is 24.3 Å². The van der Waals surface area contributed by atoms with Crippen molar-refractivity contribution in [2.75, 3.05) is 29.2 Å². The number of hydrogen-bond acceptors (Lipinski definition) is 5. The largest absolute Gasteiger partial charge is 0.373 e. The van der Waals surface area contributed by atoms with Gasteiger partial charge < -0.3 is 10.6 Å². The average molecular weight is 238 g/mol. The Balaban J connectivity index is 2.04. The summed E-state index contributed by atoms with van der Waals surface area (Å²) >= 11 is 2.01. The maximum Gasteiger partial charge on any atom is 0.132 e. The summed E-state index contributed by atoms with van der Waals surface area (Å²) in [7, 11) is 1.88. The van der Waals surface area contributed by atoms with E-state index in [1.54, 1.807) is 0 Å². The molecule has 88 valence electrons. The predicted octanol–water partition coefficient (Wildman–Crippen LogP) is 2.13. The van der Waals surface area contributed by atoms with Crippen molar-refractivity contribution in [2.24, 2.45) is 0 Å². The first kappa shape index (κ1) is 11.5. The van der Waals surface area contributed by atoms with Crippen LogP contribution in [0.25, 0.3) is 0 Å². The molecule has 1 aromatic heterocycles. The lowest BCUT2D eigenvalue weighted by Gasteiger charge is -2.23. The zero-order valence-corrected chi connectivity index (χ0v) is 10.6. The van der Waals surface area contributed by atoms with Gasteiger partial charge in [-0.25, -0.2) is 9.97 Å². The van der Waals surface area contributed by atoms with Crippen LogP contribution in [0.15, 0.2) is 6.07 Å². The normalized spacial score (nSPS) is 20.5. The zero-order valence-electron chi connectivity index (χ0n) is 9.79. The molecule has 0 saturated carbocycles. The lowest BCUT2D eigenvalue weighted by atomic mass is 10.2. The fourth-order valence-corrected chi connectivity index (χ4v) is 2.91. The number of aryl methyl sites for hydroxylation is 1. The maximum atomic E-state index is 4.40. The smallest absolute Gasteiger partial charge is 0.132 e. The van der Waals surface area contributed by atoms with Gasteiger partial charge >= 0.3 is 0 Å². The molecule has 0 aliphatic carbocycles. The molecule has 4 nitrogen and oxygen atoms in total. The Morgan fingerprint density at radius 1 is 1.38 bits per heavy atom. The molecule has 16 heavy (non-hydrogen) atoms. The van der Waals surface area contributed by atoms with Crippen LogP contribution in [-0.2, 0) is 0 Å². The van der Waals surface area contributed by atoms with Crippen LogP contribution in [0.3, 0.4) is 0 Å². The van der Waals surface area contributed by atoms with Gasteiger partial charge in [0.25, 0.3) is 0 Å². The van der Waals surface area contributed by atoms with Gasteiger partial charge in [0.05, 0.1) is 0 Å². The molecular formula is C11H18N4S. The highest BCUT2D eigenvalue weighted by atomic mass is 32.2. The Hall–Kier alpha value is -0.970. The van der Waals surface area contributed by atoms with Crippen LogP contribution < -0.4 is 10.6 Å². The molecule has 2 rings (SSSR count). The van der Waals surface area contributed by atoms with Gasteiger partial charge in [0.1, 0.15) is 17.5 Å². The minimum Gasteiger partial charge on any atom is -0.373 e. The summed E-state index contributed by atoms with van der Waals surface area (Å²) in [4.78, 5) is 8.68. The van der Waals surface area contributed by atoms with E-state index in [4.69, 9.17) is 0 Å². The molecule has 1 saturated heterocycles. The molecule has 5 heteroatoms. The molecule has 1 aliphatic rings. The van der Waals surface area contributed by atoms with Gasteiger partial charge in [0.2, 0.25) is 0 Å². The second-order valence-corrected chi connectivity index (χ2v) is 5.14. The van der Waals surface area contributed by atoms with Crippen molar-refractivity contribution in [2.45, 2.75) is 25.8 Å². The van der Waals surface area contributed by atoms with Crippen LogP contribution in [0, 0.1) is 6.92 Å². The zero-order chi connectivity index (χ0) is 11.4. The number of nitrogens with zero attached hydrogens (tertiary/aromatic N) is 2. The fraction of sp³-hybridized carbons (Fsp3) is 0.636. The molecule has 1 aromatic rings. The topological polar surface area (TPSA) is 49.8 Å². The Kier molecular flexibility index (Phi) is 3.88. The van der Waals surface area contributed by atoms with Crippen LogP contribution >= 0.6 is 11.8 Å². The van der Waals surface area contributed by atoms with E-state index in [-0.39, 0.29) is 0 Å². The van der Waals surface area contributed by atoms with Gasteiger partial charge in [-0.2, -0.15) is 11.8 Å². The van der Waals surface area contributed by atoms with E-state index in [0.717, 1.165) is 17.5 Å². The summed E-state index contributed by atoms with van der Waals surface area (Å²) in [6.45, 7) is 1.92. The number of nitrogens with one attached hydrogen (secondary N) is 2. The standard InChI is InChI=1S/C11H18N4S/c1-8-13-10(12-2)6-11(14-8)15-9-4-3-5-16-7-9/h6,9H,3-5,7H2,1-2H3,(H2,12,13,14,15). The Bertz CT molecular complexity index is 350. The lowest BCUT2D eigenvalue weighted by molar-refractivity contribution is 0.681. The van der Waals surface area contributed by atoms with Crippen molar-refractivity contribution in [1.29, 1.82) is 0 Å². The first-order valence-electron chi connectivity index (χ1n) is 5.65. The van der Waals surface area contributed by atoms with E-state index in [9.17, 15) is 0 Å². The number of aromatic nitrogens is 2. The van der Waals surface area contributed by atoms with Gasteiger partial charge in [-0.3, -0.25) is 0 Å². The molecule has 0 bridgehead atoms. The minimum absolute atomic E-state index is 0.553. The van der Waals surface area contributed by atoms with Crippen molar-refractivity contribution >= 4 is 23.4 Å². The van der Waals surface area contributed by atoms with Crippen molar-refractivity contribution in [1.82, 2.24) is 9.97 Å². The molecule has 1 atom stereocenters. The number of hydrogen-bond donors (Lipinski definition) is 2. The monoisotopic (exact) mass is 238 g/mol. The van der Waals surface area contributed by atoms with Crippen molar-refractivity contribution in [3.8, 4) is 0 Å². The van der Waals surface area contributed by atoms with E-state index in [2.05, 4.69) is 20.6 Å². The molecular weight excluding hydrogens is 220 g/mol. The molecule has 2 N–H and O–H groups in total. The summed E-state index contributed by atoms with van der Waals surface area (Å²) in [6, 6.07) is 2.52. The molecule has 0 amide bonds. The van der Waals surface area contributed by atoms with Crippen LogP contribution in [0.1, 0.15) is 18.7 Å². The summed E-state index contributed by atoms with van der Waals surface area (Å²) < 4.78 is 0. The van der Waals surface area contributed by atoms with Gasteiger partial charge in [-0.05, 0) is 25.5 Å². The first-order valence-corrected chi connectivity index (χ1v) is 6.81. The highest BCUT2D eigenvalue weighted by Crippen LogP contribution is 2.20. The van der Waals surface area contributed by atoms with Crippen LogP contribution in [0.4, 0.5) is 11.6 Å². The van der Waals surface area contributed by atoms with Crippen molar-refractivity contribution in [3.63, 3.8) is 0 Å². The number of rotatable bonds is 3. The van der Waals surface area contributed by atoms with Gasteiger partial charge in [-0.1, -0.05) is 0 Å². The second kappa shape index (κ2) is 5.39. The van der Waals surface area contributed by atoms with Gasteiger partial charge in [-0.15, -0.1) is 0 Å². The summed E-state index contributed by atoms with van der Waals surface area (Å²) in [5, 5.41) is 6.53. The fourth-order valence-electron chi connectivity index (χ4n) is 1.83. The average Bonchev–Trinajstić information content (AvgIpc) is 2.29. The van der Waals surface area contributed by atoms with Crippen LogP contribution in [0.2, 0.25) is 0 Å². The van der Waals surface area contributed by atoms with Crippen LogP contribution in [0.5, 0.6) is 0 Å². The Labute approximate surface area is 101 Å². The molecule has 0 spiro atoms. The Morgan fingerprint density at radius 3 is 2.88 bits per heavy atom. The third kappa shape index (κ3) is 3.01. The second-order valence-electron chi connectivity index (χ2n) is 3.99. The summed E-state index contributed by atoms with van der Waals surface area (Å²) in [5.41, 5.74) is 0. The maximum absolute atomic E-state index is 4.40. The van der Waals surface area contributed by atoms with Crippen molar-refractivity contribution < 1.29 is 0 Å². The highest BCUT2D eigenvalue weighted by molar-refractivity contribution is 7.99. The summed E-state index contributed by atoms with van der Waals surface area (Å²) in [5.74, 6) is 5.08. The first-order chi connectivity index (χ1) is 7.78. The van der Waals surface area contributed by atoms with E-state index in [1.807, 2.05) is 31.8 Å². The molecule has 2 heterocycles.